The molecule has 28 heavy (non-hydrogen) atoms. The lowest BCUT2D eigenvalue weighted by Gasteiger charge is -2.11. The molecule has 0 aliphatic heterocycles. The highest BCUT2D eigenvalue weighted by molar-refractivity contribution is 5.99. The third kappa shape index (κ3) is 4.98. The summed E-state index contributed by atoms with van der Waals surface area (Å²) in [6, 6.07) is 23.8. The number of hydrogen-bond donors (Lipinski definition) is 2. The lowest BCUT2D eigenvalue weighted by Crippen LogP contribution is -2.41. The Bertz CT molecular complexity index is 934. The van der Waals surface area contributed by atoms with Crippen molar-refractivity contribution in [3.8, 4) is 16.9 Å². The molecule has 5 heteroatoms. The van der Waals surface area contributed by atoms with Gasteiger partial charge in [-0.05, 0) is 61.4 Å². The predicted molar refractivity (Wildman–Crippen MR) is 109 cm³/mol. The van der Waals surface area contributed by atoms with Gasteiger partial charge >= 0.3 is 0 Å². The molecule has 0 fully saturated rings. The van der Waals surface area contributed by atoms with E-state index in [-0.39, 0.29) is 12.0 Å². The maximum absolute atomic E-state index is 12.3. The lowest BCUT2D eigenvalue weighted by molar-refractivity contribution is 0.0846. The first kappa shape index (κ1) is 19.2. The molecule has 0 unspecified atom stereocenters. The summed E-state index contributed by atoms with van der Waals surface area (Å²) in [5.74, 6) is -0.0906. The Labute approximate surface area is 164 Å². The number of carbonyl (C=O) groups is 2. The first-order valence-electron chi connectivity index (χ1n) is 9.06. The molecule has 0 bridgehead atoms. The van der Waals surface area contributed by atoms with Crippen LogP contribution in [0.25, 0.3) is 11.1 Å². The molecule has 3 aromatic rings. The lowest BCUT2D eigenvalue weighted by atomic mass is 10.0. The van der Waals surface area contributed by atoms with Gasteiger partial charge in [0.15, 0.2) is 0 Å². The number of carbonyl (C=O) groups excluding carboxylic acids is 2. The van der Waals surface area contributed by atoms with E-state index in [2.05, 4.69) is 10.9 Å². The highest BCUT2D eigenvalue weighted by atomic mass is 16.5. The Hall–Kier alpha value is -3.60. The Morgan fingerprint density at radius 2 is 1.14 bits per heavy atom. The summed E-state index contributed by atoms with van der Waals surface area (Å²) in [6.07, 6.45) is 0.0623. The molecule has 5 nitrogen and oxygen atoms in total. The predicted octanol–water partition coefficient (Wildman–Crippen LogP) is 4.22. The fourth-order valence-corrected chi connectivity index (χ4v) is 2.66. The van der Waals surface area contributed by atoms with E-state index >= 15 is 0 Å². The van der Waals surface area contributed by atoms with Crippen LogP contribution in [0.1, 0.15) is 34.6 Å². The number of nitrogens with one attached hydrogen (secondary N) is 2. The molecule has 0 heterocycles. The third-order valence-corrected chi connectivity index (χ3v) is 4.03. The van der Waals surface area contributed by atoms with Crippen LogP contribution < -0.4 is 15.6 Å². The fourth-order valence-electron chi connectivity index (χ4n) is 2.66. The molecule has 0 saturated carbocycles. The van der Waals surface area contributed by atoms with Crippen molar-refractivity contribution in [3.63, 3.8) is 0 Å². The van der Waals surface area contributed by atoms with Gasteiger partial charge in [0.1, 0.15) is 5.75 Å². The maximum Gasteiger partial charge on any atom is 0.269 e. The summed E-state index contributed by atoms with van der Waals surface area (Å²) in [4.78, 5) is 24.4. The second kappa shape index (κ2) is 8.86. The molecule has 0 spiro atoms. The third-order valence-electron chi connectivity index (χ3n) is 4.03. The maximum atomic E-state index is 12.3. The summed E-state index contributed by atoms with van der Waals surface area (Å²) in [5.41, 5.74) is 7.84. The van der Waals surface area contributed by atoms with Crippen LogP contribution in [0.15, 0.2) is 78.9 Å². The molecule has 0 atom stereocenters. The van der Waals surface area contributed by atoms with Crippen LogP contribution in [0.3, 0.4) is 0 Å². The normalized spacial score (nSPS) is 10.4. The van der Waals surface area contributed by atoms with Crippen molar-refractivity contribution in [2.45, 2.75) is 20.0 Å². The van der Waals surface area contributed by atoms with Crippen molar-refractivity contribution >= 4 is 11.8 Å². The van der Waals surface area contributed by atoms with Gasteiger partial charge in [0.2, 0.25) is 0 Å². The SMILES string of the molecule is CC(C)Oc1ccc(C(=O)NNC(=O)c2ccc(-c3ccccc3)cc2)cc1. The van der Waals surface area contributed by atoms with Crippen molar-refractivity contribution in [3.05, 3.63) is 90.0 Å². The van der Waals surface area contributed by atoms with Crippen molar-refractivity contribution < 1.29 is 14.3 Å². The Balaban J connectivity index is 1.57. The second-order valence-electron chi connectivity index (χ2n) is 6.54. The quantitative estimate of drug-likeness (QED) is 0.657. The second-order valence-corrected chi connectivity index (χ2v) is 6.54. The van der Waals surface area contributed by atoms with Crippen LogP contribution in [0.2, 0.25) is 0 Å². The van der Waals surface area contributed by atoms with E-state index < -0.39 is 5.91 Å². The van der Waals surface area contributed by atoms with Gasteiger partial charge in [-0.25, -0.2) is 0 Å². The van der Waals surface area contributed by atoms with Crippen LogP contribution in [-0.2, 0) is 0 Å². The van der Waals surface area contributed by atoms with Gasteiger partial charge in [-0.2, -0.15) is 0 Å². The first-order chi connectivity index (χ1) is 13.5. The molecule has 0 aromatic heterocycles. The molecule has 2 amide bonds. The number of hydrazine groups is 1. The summed E-state index contributed by atoms with van der Waals surface area (Å²) in [6.45, 7) is 3.87. The first-order valence-corrected chi connectivity index (χ1v) is 9.06. The van der Waals surface area contributed by atoms with Crippen molar-refractivity contribution in [2.75, 3.05) is 0 Å². The summed E-state index contributed by atoms with van der Waals surface area (Å²) in [5, 5.41) is 0. The van der Waals surface area contributed by atoms with E-state index in [1.54, 1.807) is 36.4 Å². The minimum atomic E-state index is -0.398. The number of ether oxygens (including phenoxy) is 1. The summed E-state index contributed by atoms with van der Waals surface area (Å²) >= 11 is 0. The van der Waals surface area contributed by atoms with Gasteiger partial charge < -0.3 is 4.74 Å². The average Bonchev–Trinajstić information content (AvgIpc) is 2.72. The zero-order valence-corrected chi connectivity index (χ0v) is 15.8. The largest absolute Gasteiger partial charge is 0.491 e. The Morgan fingerprint density at radius 3 is 1.64 bits per heavy atom. The van der Waals surface area contributed by atoms with E-state index in [9.17, 15) is 9.59 Å². The smallest absolute Gasteiger partial charge is 0.269 e. The summed E-state index contributed by atoms with van der Waals surface area (Å²) < 4.78 is 5.55. The minimum absolute atomic E-state index is 0.0623. The average molecular weight is 374 g/mol. The zero-order valence-electron chi connectivity index (χ0n) is 15.8. The standard InChI is InChI=1S/C23H22N2O3/c1-16(2)28-21-14-12-20(13-15-21)23(27)25-24-22(26)19-10-8-18(9-11-19)17-6-4-3-5-7-17/h3-16H,1-2H3,(H,24,26)(H,25,27). The molecule has 2 N–H and O–H groups in total. The van der Waals surface area contributed by atoms with Gasteiger partial charge in [-0.1, -0.05) is 42.5 Å². The van der Waals surface area contributed by atoms with Gasteiger partial charge in [-0.15, -0.1) is 0 Å². The molecule has 0 aliphatic carbocycles. The summed E-state index contributed by atoms with van der Waals surface area (Å²) in [7, 11) is 0. The molecule has 0 aliphatic rings. The van der Waals surface area contributed by atoms with Gasteiger partial charge in [0.05, 0.1) is 6.10 Å². The van der Waals surface area contributed by atoms with Crippen LogP contribution in [-0.4, -0.2) is 17.9 Å². The number of hydrogen-bond acceptors (Lipinski definition) is 3. The van der Waals surface area contributed by atoms with E-state index in [0.29, 0.717) is 16.9 Å². The van der Waals surface area contributed by atoms with Gasteiger partial charge in [0.25, 0.3) is 11.8 Å². The number of benzene rings is 3. The van der Waals surface area contributed by atoms with E-state index in [0.717, 1.165) is 11.1 Å². The van der Waals surface area contributed by atoms with Crippen LogP contribution >= 0.6 is 0 Å². The van der Waals surface area contributed by atoms with Crippen LogP contribution in [0.5, 0.6) is 5.75 Å². The molecular weight excluding hydrogens is 352 g/mol. The molecule has 142 valence electrons. The van der Waals surface area contributed by atoms with Crippen molar-refractivity contribution in [1.82, 2.24) is 10.9 Å². The monoisotopic (exact) mass is 374 g/mol. The van der Waals surface area contributed by atoms with Gasteiger partial charge in [-0.3, -0.25) is 20.4 Å². The van der Waals surface area contributed by atoms with Crippen LogP contribution in [0, 0.1) is 0 Å². The van der Waals surface area contributed by atoms with Gasteiger partial charge in [0, 0.05) is 11.1 Å². The highest BCUT2D eigenvalue weighted by Gasteiger charge is 2.10. The van der Waals surface area contributed by atoms with E-state index in [4.69, 9.17) is 4.74 Å². The van der Waals surface area contributed by atoms with Crippen LogP contribution in [0.4, 0.5) is 0 Å². The van der Waals surface area contributed by atoms with Crippen molar-refractivity contribution in [2.24, 2.45) is 0 Å². The Morgan fingerprint density at radius 1 is 0.679 bits per heavy atom. The number of rotatable bonds is 5. The molecule has 3 rings (SSSR count). The Kier molecular flexibility index (Phi) is 6.07. The highest BCUT2D eigenvalue weighted by Crippen LogP contribution is 2.19. The molecule has 3 aromatic carbocycles. The fraction of sp³-hybridized carbons (Fsp3) is 0.130. The minimum Gasteiger partial charge on any atom is -0.491 e. The van der Waals surface area contributed by atoms with E-state index in [1.807, 2.05) is 56.3 Å². The molecule has 0 saturated heterocycles. The van der Waals surface area contributed by atoms with E-state index in [1.165, 1.54) is 0 Å². The topological polar surface area (TPSA) is 67.4 Å². The number of amides is 2. The molecule has 0 radical (unpaired) electrons. The molecular formula is C23H22N2O3. The van der Waals surface area contributed by atoms with Crippen molar-refractivity contribution in [1.29, 1.82) is 0 Å². The zero-order chi connectivity index (χ0) is 19.9.